The molecule has 2 amide bonds. The molecule has 2 aliphatic heterocycles. The number of aromatic nitrogens is 1. The minimum absolute atomic E-state index is 0.0586. The van der Waals surface area contributed by atoms with E-state index in [1.54, 1.807) is 11.3 Å². The first-order valence-electron chi connectivity index (χ1n) is 9.87. The fourth-order valence-electron chi connectivity index (χ4n) is 3.68. The van der Waals surface area contributed by atoms with Crippen LogP contribution in [0.25, 0.3) is 0 Å². The molecular formula is C19H31N5O2S. The van der Waals surface area contributed by atoms with Gasteiger partial charge in [-0.05, 0) is 26.7 Å². The predicted molar refractivity (Wildman–Crippen MR) is 108 cm³/mol. The molecule has 0 atom stereocenters. The van der Waals surface area contributed by atoms with E-state index < -0.39 is 0 Å². The lowest BCUT2D eigenvalue weighted by Crippen LogP contribution is -2.51. The first-order valence-corrected chi connectivity index (χ1v) is 10.7. The average Bonchev–Trinajstić information content (AvgIpc) is 3.22. The van der Waals surface area contributed by atoms with E-state index in [4.69, 9.17) is 0 Å². The van der Waals surface area contributed by atoms with Crippen LogP contribution in [0.2, 0.25) is 0 Å². The molecule has 2 saturated heterocycles. The van der Waals surface area contributed by atoms with E-state index >= 15 is 0 Å². The summed E-state index contributed by atoms with van der Waals surface area (Å²) in [7, 11) is 1.87. The third-order valence-corrected chi connectivity index (χ3v) is 6.57. The molecule has 0 saturated carbocycles. The number of piperazine rings is 1. The Morgan fingerprint density at radius 2 is 1.85 bits per heavy atom. The van der Waals surface area contributed by atoms with Gasteiger partial charge in [0.25, 0.3) is 0 Å². The molecule has 8 heteroatoms. The van der Waals surface area contributed by atoms with Gasteiger partial charge in [0.15, 0.2) is 5.13 Å². The van der Waals surface area contributed by atoms with Gasteiger partial charge in [0.2, 0.25) is 11.8 Å². The quantitative estimate of drug-likeness (QED) is 0.756. The number of hydrogen-bond acceptors (Lipinski definition) is 6. The van der Waals surface area contributed by atoms with Gasteiger partial charge in [0.05, 0.1) is 6.54 Å². The Labute approximate surface area is 165 Å². The highest BCUT2D eigenvalue weighted by Crippen LogP contribution is 2.21. The number of anilines is 1. The van der Waals surface area contributed by atoms with Crippen LogP contribution in [0.5, 0.6) is 0 Å². The Kier molecular flexibility index (Phi) is 6.70. The maximum atomic E-state index is 12.7. The summed E-state index contributed by atoms with van der Waals surface area (Å²) in [5.74, 6) is 0.472. The van der Waals surface area contributed by atoms with E-state index in [0.717, 1.165) is 44.2 Å². The Balaban J connectivity index is 1.40. The second-order valence-electron chi connectivity index (χ2n) is 7.78. The highest BCUT2D eigenvalue weighted by atomic mass is 32.1. The third kappa shape index (κ3) is 4.99. The number of rotatable bonds is 5. The molecule has 0 aliphatic carbocycles. The molecule has 0 aromatic carbocycles. The number of thiazole rings is 1. The van der Waals surface area contributed by atoms with Gasteiger partial charge >= 0.3 is 0 Å². The van der Waals surface area contributed by atoms with Crippen LogP contribution in [0.15, 0.2) is 11.6 Å². The van der Waals surface area contributed by atoms with Crippen LogP contribution < -0.4 is 4.90 Å². The van der Waals surface area contributed by atoms with Gasteiger partial charge in [-0.2, -0.15) is 0 Å². The van der Waals surface area contributed by atoms with Crippen LogP contribution in [-0.4, -0.2) is 90.4 Å². The highest BCUT2D eigenvalue weighted by Gasteiger charge is 2.30. The summed E-state index contributed by atoms with van der Waals surface area (Å²) in [6.45, 7) is 9.54. The van der Waals surface area contributed by atoms with Gasteiger partial charge in [0.1, 0.15) is 0 Å². The van der Waals surface area contributed by atoms with Crippen LogP contribution in [0, 0.1) is 5.92 Å². The minimum atomic E-state index is 0.0586. The number of carbonyl (C=O) groups is 2. The first kappa shape index (κ1) is 20.1. The van der Waals surface area contributed by atoms with E-state index in [2.05, 4.69) is 14.8 Å². The minimum Gasteiger partial charge on any atom is -0.346 e. The Morgan fingerprint density at radius 1 is 1.19 bits per heavy atom. The Hall–Kier alpha value is -1.67. The molecule has 150 valence electrons. The van der Waals surface area contributed by atoms with E-state index in [9.17, 15) is 9.59 Å². The van der Waals surface area contributed by atoms with Crippen molar-refractivity contribution < 1.29 is 9.59 Å². The zero-order chi connectivity index (χ0) is 19.4. The molecule has 3 rings (SSSR count). The van der Waals surface area contributed by atoms with Gasteiger partial charge in [-0.15, -0.1) is 11.3 Å². The molecule has 0 radical (unpaired) electrons. The zero-order valence-electron chi connectivity index (χ0n) is 16.6. The molecule has 0 N–H and O–H groups in total. The van der Waals surface area contributed by atoms with E-state index in [-0.39, 0.29) is 23.8 Å². The van der Waals surface area contributed by atoms with Gasteiger partial charge < -0.3 is 14.7 Å². The summed E-state index contributed by atoms with van der Waals surface area (Å²) in [6, 6.07) is 0.222. The maximum Gasteiger partial charge on any atom is 0.236 e. The summed E-state index contributed by atoms with van der Waals surface area (Å²) in [5, 5.41) is 3.07. The van der Waals surface area contributed by atoms with Gasteiger partial charge in [-0.25, -0.2) is 4.98 Å². The van der Waals surface area contributed by atoms with Gasteiger partial charge in [-0.1, -0.05) is 0 Å². The number of likely N-dealkylation sites (tertiary alicyclic amines) is 1. The van der Waals surface area contributed by atoms with Crippen LogP contribution in [0.3, 0.4) is 0 Å². The highest BCUT2D eigenvalue weighted by molar-refractivity contribution is 7.13. The van der Waals surface area contributed by atoms with E-state index in [1.807, 2.05) is 42.3 Å². The standard InChI is InChI=1S/C19H31N5O2S/c1-15(2)21(3)18(26)16-4-7-23(8-5-16)17(25)14-22-9-11-24(12-10-22)19-20-6-13-27-19/h6,13,15-16H,4-5,7-12,14H2,1-3H3. The number of carbonyl (C=O) groups excluding carboxylic acids is 2. The lowest BCUT2D eigenvalue weighted by Gasteiger charge is -2.37. The molecule has 3 heterocycles. The monoisotopic (exact) mass is 393 g/mol. The fraction of sp³-hybridized carbons (Fsp3) is 0.737. The Morgan fingerprint density at radius 3 is 2.41 bits per heavy atom. The van der Waals surface area contributed by atoms with Gasteiger partial charge in [0, 0.05) is 69.9 Å². The Bertz CT molecular complexity index is 620. The first-order chi connectivity index (χ1) is 13.0. The van der Waals surface area contributed by atoms with Crippen molar-refractivity contribution in [2.75, 3.05) is 57.8 Å². The molecule has 2 fully saturated rings. The molecule has 0 spiro atoms. The third-order valence-electron chi connectivity index (χ3n) is 5.74. The summed E-state index contributed by atoms with van der Waals surface area (Å²) in [6.07, 6.45) is 3.39. The van der Waals surface area contributed by atoms with Crippen LogP contribution in [0.4, 0.5) is 5.13 Å². The molecule has 0 bridgehead atoms. The zero-order valence-corrected chi connectivity index (χ0v) is 17.5. The second kappa shape index (κ2) is 9.01. The molecule has 1 aromatic rings. The van der Waals surface area contributed by atoms with Crippen molar-refractivity contribution in [3.63, 3.8) is 0 Å². The predicted octanol–water partition coefficient (Wildman–Crippen LogP) is 1.37. The van der Waals surface area contributed by atoms with Crippen molar-refractivity contribution >= 4 is 28.3 Å². The summed E-state index contributed by atoms with van der Waals surface area (Å²) in [5.41, 5.74) is 0. The molecule has 7 nitrogen and oxygen atoms in total. The lowest BCUT2D eigenvalue weighted by molar-refractivity contribution is -0.141. The number of piperidine rings is 1. The molecule has 2 aliphatic rings. The van der Waals surface area contributed by atoms with Crippen molar-refractivity contribution in [2.45, 2.75) is 32.7 Å². The lowest BCUT2D eigenvalue weighted by atomic mass is 9.95. The van der Waals surface area contributed by atoms with Gasteiger partial charge in [-0.3, -0.25) is 14.5 Å². The second-order valence-corrected chi connectivity index (χ2v) is 8.65. The van der Waals surface area contributed by atoms with Crippen molar-refractivity contribution in [2.24, 2.45) is 5.92 Å². The van der Waals surface area contributed by atoms with Crippen molar-refractivity contribution in [3.8, 4) is 0 Å². The van der Waals surface area contributed by atoms with E-state index in [0.29, 0.717) is 19.6 Å². The van der Waals surface area contributed by atoms with Crippen LogP contribution in [-0.2, 0) is 9.59 Å². The molecule has 0 unspecified atom stereocenters. The summed E-state index contributed by atoms with van der Waals surface area (Å²) < 4.78 is 0. The van der Waals surface area contributed by atoms with Crippen LogP contribution in [0.1, 0.15) is 26.7 Å². The summed E-state index contributed by atoms with van der Waals surface area (Å²) >= 11 is 1.66. The smallest absolute Gasteiger partial charge is 0.236 e. The number of amides is 2. The van der Waals surface area contributed by atoms with Crippen molar-refractivity contribution in [3.05, 3.63) is 11.6 Å². The topological polar surface area (TPSA) is 60.0 Å². The largest absolute Gasteiger partial charge is 0.346 e. The molecular weight excluding hydrogens is 362 g/mol. The fourth-order valence-corrected chi connectivity index (χ4v) is 4.38. The molecule has 1 aromatic heterocycles. The number of hydrogen-bond donors (Lipinski definition) is 0. The van der Waals surface area contributed by atoms with E-state index in [1.165, 1.54) is 0 Å². The summed E-state index contributed by atoms with van der Waals surface area (Å²) in [4.78, 5) is 37.8. The van der Waals surface area contributed by atoms with Crippen molar-refractivity contribution in [1.29, 1.82) is 0 Å². The normalized spacial score (nSPS) is 19.6. The average molecular weight is 394 g/mol. The maximum absolute atomic E-state index is 12.7. The number of nitrogens with zero attached hydrogens (tertiary/aromatic N) is 5. The molecule has 27 heavy (non-hydrogen) atoms. The SMILES string of the molecule is CC(C)N(C)C(=O)C1CCN(C(=O)CN2CCN(c3nccs3)CC2)CC1. The van der Waals surface area contributed by atoms with Crippen molar-refractivity contribution in [1.82, 2.24) is 19.7 Å². The van der Waals surface area contributed by atoms with Crippen LogP contribution >= 0.6 is 11.3 Å².